The van der Waals surface area contributed by atoms with Crippen molar-refractivity contribution in [2.75, 3.05) is 6.61 Å². The normalized spacial score (nSPS) is 16.1. The van der Waals surface area contributed by atoms with Gasteiger partial charge in [-0.3, -0.25) is 9.36 Å². The second-order valence-electron chi connectivity index (χ2n) is 6.74. The van der Waals surface area contributed by atoms with Crippen LogP contribution in [0.25, 0.3) is 0 Å². The molecule has 0 fully saturated rings. The standard InChI is InChI=1S/C22H20BrN3O3S/c1-3-12-26-21(19-13-28-17-6-4-5-7-18(17)29-19)24-25-22(26)30-14(2)20(27)15-8-10-16(23)11-9-15/h3-11,14,19H,1,12-13H2,2H3. The van der Waals surface area contributed by atoms with Gasteiger partial charge < -0.3 is 9.47 Å². The molecule has 1 aliphatic heterocycles. The molecular formula is C22H20BrN3O3S. The van der Waals surface area contributed by atoms with Crippen molar-refractivity contribution in [3.8, 4) is 11.5 Å². The smallest absolute Gasteiger partial charge is 0.192 e. The summed E-state index contributed by atoms with van der Waals surface area (Å²) in [6.45, 7) is 6.56. The number of ether oxygens (including phenoxy) is 2. The molecule has 30 heavy (non-hydrogen) atoms. The molecule has 2 aromatic carbocycles. The zero-order valence-corrected chi connectivity index (χ0v) is 18.7. The largest absolute Gasteiger partial charge is 0.485 e. The number of thioether (sulfide) groups is 1. The van der Waals surface area contributed by atoms with E-state index in [1.165, 1.54) is 11.8 Å². The highest BCUT2D eigenvalue weighted by molar-refractivity contribution is 9.10. The maximum Gasteiger partial charge on any atom is 0.192 e. The molecule has 8 heteroatoms. The number of halogens is 1. The third-order valence-corrected chi connectivity index (χ3v) is 6.24. The maximum absolute atomic E-state index is 12.8. The number of carbonyl (C=O) groups is 1. The van der Waals surface area contributed by atoms with Gasteiger partial charge in [-0.25, -0.2) is 0 Å². The number of aromatic nitrogens is 3. The summed E-state index contributed by atoms with van der Waals surface area (Å²) in [6.07, 6.45) is 1.38. The highest BCUT2D eigenvalue weighted by atomic mass is 79.9. The first kappa shape index (κ1) is 20.7. The zero-order chi connectivity index (χ0) is 21.1. The fourth-order valence-corrected chi connectivity index (χ4v) is 4.34. The van der Waals surface area contributed by atoms with E-state index in [9.17, 15) is 4.79 Å². The summed E-state index contributed by atoms with van der Waals surface area (Å²) in [5.74, 6) is 2.07. The molecule has 6 nitrogen and oxygen atoms in total. The summed E-state index contributed by atoms with van der Waals surface area (Å²) in [5.41, 5.74) is 0.661. The van der Waals surface area contributed by atoms with E-state index in [1.54, 1.807) is 6.08 Å². The topological polar surface area (TPSA) is 66.2 Å². The van der Waals surface area contributed by atoms with Crippen LogP contribution in [0, 0.1) is 0 Å². The van der Waals surface area contributed by atoms with Crippen LogP contribution in [-0.2, 0) is 6.54 Å². The molecule has 2 heterocycles. The molecule has 0 spiro atoms. The van der Waals surface area contributed by atoms with Crippen molar-refractivity contribution in [1.29, 1.82) is 0 Å². The van der Waals surface area contributed by atoms with E-state index in [0.717, 1.165) is 4.47 Å². The molecule has 0 N–H and O–H groups in total. The number of hydrogen-bond acceptors (Lipinski definition) is 6. The Bertz CT molecular complexity index is 1070. The minimum atomic E-state index is -0.390. The number of nitrogens with zero attached hydrogens (tertiary/aromatic N) is 3. The van der Waals surface area contributed by atoms with Gasteiger partial charge >= 0.3 is 0 Å². The lowest BCUT2D eigenvalue weighted by molar-refractivity contribution is 0.0821. The zero-order valence-electron chi connectivity index (χ0n) is 16.3. The van der Waals surface area contributed by atoms with Crippen LogP contribution in [0.5, 0.6) is 11.5 Å². The average molecular weight is 486 g/mol. The number of rotatable bonds is 7. The monoisotopic (exact) mass is 485 g/mol. The van der Waals surface area contributed by atoms with Crippen molar-refractivity contribution in [3.05, 3.63) is 77.0 Å². The first-order chi connectivity index (χ1) is 14.6. The van der Waals surface area contributed by atoms with Crippen molar-refractivity contribution >= 4 is 33.5 Å². The first-order valence-electron chi connectivity index (χ1n) is 9.45. The Kier molecular flexibility index (Phi) is 6.24. The molecule has 0 aliphatic carbocycles. The Balaban J connectivity index is 1.55. The molecular weight excluding hydrogens is 466 g/mol. The van der Waals surface area contributed by atoms with E-state index in [2.05, 4.69) is 32.7 Å². The lowest BCUT2D eigenvalue weighted by atomic mass is 10.1. The summed E-state index contributed by atoms with van der Waals surface area (Å²) in [4.78, 5) is 12.8. The highest BCUT2D eigenvalue weighted by Gasteiger charge is 2.29. The second kappa shape index (κ2) is 9.06. The molecule has 0 saturated carbocycles. The molecule has 2 atom stereocenters. The lowest BCUT2D eigenvalue weighted by Crippen LogP contribution is -2.25. The van der Waals surface area contributed by atoms with E-state index >= 15 is 0 Å². The minimum Gasteiger partial charge on any atom is -0.485 e. The predicted molar refractivity (Wildman–Crippen MR) is 119 cm³/mol. The third-order valence-electron chi connectivity index (χ3n) is 4.63. The van der Waals surface area contributed by atoms with Crippen LogP contribution in [0.15, 0.2) is 70.8 Å². The van der Waals surface area contributed by atoms with Crippen LogP contribution in [0.2, 0.25) is 0 Å². The van der Waals surface area contributed by atoms with Crippen molar-refractivity contribution in [1.82, 2.24) is 14.8 Å². The van der Waals surface area contributed by atoms with E-state index in [-0.39, 0.29) is 17.1 Å². The summed E-state index contributed by atoms with van der Waals surface area (Å²) >= 11 is 4.76. The van der Waals surface area contributed by atoms with E-state index in [1.807, 2.05) is 60.0 Å². The van der Waals surface area contributed by atoms with Crippen LogP contribution < -0.4 is 9.47 Å². The van der Waals surface area contributed by atoms with Crippen molar-refractivity contribution in [3.63, 3.8) is 0 Å². The molecule has 2 unspecified atom stereocenters. The highest BCUT2D eigenvalue weighted by Crippen LogP contribution is 2.36. The van der Waals surface area contributed by atoms with Gasteiger partial charge in [-0.1, -0.05) is 58.0 Å². The van der Waals surface area contributed by atoms with Gasteiger partial charge in [0.1, 0.15) is 6.61 Å². The van der Waals surface area contributed by atoms with Gasteiger partial charge in [0.05, 0.1) is 5.25 Å². The number of carbonyl (C=O) groups excluding carboxylic acids is 1. The van der Waals surface area contributed by atoms with Gasteiger partial charge in [0.15, 0.2) is 34.4 Å². The van der Waals surface area contributed by atoms with Gasteiger partial charge in [0, 0.05) is 16.6 Å². The number of para-hydroxylation sites is 2. The van der Waals surface area contributed by atoms with Crippen molar-refractivity contribution in [2.24, 2.45) is 0 Å². The molecule has 0 radical (unpaired) electrons. The quantitative estimate of drug-likeness (QED) is 0.263. The van der Waals surface area contributed by atoms with Gasteiger partial charge in [0.25, 0.3) is 0 Å². The molecule has 4 rings (SSSR count). The maximum atomic E-state index is 12.8. The molecule has 1 aromatic heterocycles. The Morgan fingerprint density at radius 3 is 2.73 bits per heavy atom. The Morgan fingerprint density at radius 2 is 2.00 bits per heavy atom. The SMILES string of the molecule is C=CCn1c(SC(C)C(=O)c2ccc(Br)cc2)nnc1C1COc2ccccc2O1. The summed E-state index contributed by atoms with van der Waals surface area (Å²) in [7, 11) is 0. The van der Waals surface area contributed by atoms with Crippen LogP contribution in [0.1, 0.15) is 29.2 Å². The predicted octanol–water partition coefficient (Wildman–Crippen LogP) is 5.10. The number of ketones is 1. The van der Waals surface area contributed by atoms with Crippen LogP contribution in [-0.4, -0.2) is 32.4 Å². The minimum absolute atomic E-state index is 0.0355. The third kappa shape index (κ3) is 4.29. The average Bonchev–Trinajstić information content (AvgIpc) is 3.16. The second-order valence-corrected chi connectivity index (χ2v) is 8.96. The Morgan fingerprint density at radius 1 is 1.27 bits per heavy atom. The number of Topliss-reactive ketones (excluding diaryl/α,β-unsaturated/α-hetero) is 1. The van der Waals surface area contributed by atoms with Crippen LogP contribution in [0.4, 0.5) is 0 Å². The van der Waals surface area contributed by atoms with Crippen molar-refractivity contribution < 1.29 is 14.3 Å². The molecule has 0 bridgehead atoms. The molecule has 1 aliphatic rings. The number of allylic oxidation sites excluding steroid dienone is 1. The van der Waals surface area contributed by atoms with Crippen LogP contribution >= 0.6 is 27.7 Å². The Hall–Kier alpha value is -2.58. The van der Waals surface area contributed by atoms with Crippen molar-refractivity contribution in [2.45, 2.75) is 30.0 Å². The lowest BCUT2D eigenvalue weighted by Gasteiger charge is -2.26. The Labute approximate surface area is 187 Å². The number of benzene rings is 2. The van der Waals surface area contributed by atoms with E-state index in [4.69, 9.17) is 9.47 Å². The molecule has 154 valence electrons. The molecule has 0 amide bonds. The summed E-state index contributed by atoms with van der Waals surface area (Å²) < 4.78 is 14.8. The fourth-order valence-electron chi connectivity index (χ4n) is 3.13. The first-order valence-corrected chi connectivity index (χ1v) is 11.1. The molecule has 0 saturated heterocycles. The van der Waals surface area contributed by atoms with Gasteiger partial charge in [-0.2, -0.15) is 0 Å². The number of fused-ring (bicyclic) bond motifs is 1. The van der Waals surface area contributed by atoms with E-state index < -0.39 is 0 Å². The van der Waals surface area contributed by atoms with Crippen LogP contribution in [0.3, 0.4) is 0 Å². The van der Waals surface area contributed by atoms with E-state index in [0.29, 0.717) is 41.2 Å². The summed E-state index contributed by atoms with van der Waals surface area (Å²) in [6, 6.07) is 14.9. The van der Waals surface area contributed by atoms with Gasteiger partial charge in [0.2, 0.25) is 0 Å². The molecule has 3 aromatic rings. The number of hydrogen-bond donors (Lipinski definition) is 0. The van der Waals surface area contributed by atoms with Gasteiger partial charge in [-0.05, 0) is 31.2 Å². The fraction of sp³-hybridized carbons (Fsp3) is 0.227. The summed E-state index contributed by atoms with van der Waals surface area (Å²) in [5, 5.41) is 9.00. The van der Waals surface area contributed by atoms with Gasteiger partial charge in [-0.15, -0.1) is 16.8 Å².